The van der Waals surface area contributed by atoms with Crippen molar-refractivity contribution in [2.24, 2.45) is 5.14 Å². The van der Waals surface area contributed by atoms with E-state index in [9.17, 15) is 13.7 Å². The van der Waals surface area contributed by atoms with Crippen LogP contribution in [0.5, 0.6) is 0 Å². The summed E-state index contributed by atoms with van der Waals surface area (Å²) < 4.78 is 22.7. The van der Waals surface area contributed by atoms with Crippen molar-refractivity contribution in [3.8, 4) is 6.07 Å². The molecule has 3 N–H and O–H groups in total. The van der Waals surface area contributed by atoms with E-state index >= 15 is 0 Å². The standard InChI is InChI=1S/C17H20N4O2S/c1-21(13-14-5-3-2-4-6-14)10-9-20-17-8-7-16(24(19,22)23)11-15(17)12-18/h2-8,11,20H,9-10,13H2,1H3,(H2,19,22,23). The van der Waals surface area contributed by atoms with Gasteiger partial charge in [0.1, 0.15) is 6.07 Å². The van der Waals surface area contributed by atoms with Gasteiger partial charge in [0.25, 0.3) is 0 Å². The number of benzene rings is 2. The van der Waals surface area contributed by atoms with Crippen LogP contribution in [0.3, 0.4) is 0 Å². The Morgan fingerprint density at radius 2 is 1.92 bits per heavy atom. The molecular weight excluding hydrogens is 324 g/mol. The van der Waals surface area contributed by atoms with Gasteiger partial charge < -0.3 is 10.2 Å². The minimum absolute atomic E-state index is 0.0641. The number of likely N-dealkylation sites (N-methyl/N-ethyl adjacent to an activating group) is 1. The third-order valence-electron chi connectivity index (χ3n) is 3.54. The summed E-state index contributed by atoms with van der Waals surface area (Å²) >= 11 is 0. The van der Waals surface area contributed by atoms with Gasteiger partial charge in [-0.3, -0.25) is 0 Å². The van der Waals surface area contributed by atoms with Crippen molar-refractivity contribution >= 4 is 15.7 Å². The van der Waals surface area contributed by atoms with Gasteiger partial charge in [-0.25, -0.2) is 13.6 Å². The van der Waals surface area contributed by atoms with Crippen LogP contribution in [-0.4, -0.2) is 33.5 Å². The number of nitrogens with one attached hydrogen (secondary N) is 1. The van der Waals surface area contributed by atoms with Gasteiger partial charge in [0.15, 0.2) is 0 Å². The fourth-order valence-corrected chi connectivity index (χ4v) is 2.84. The van der Waals surface area contributed by atoms with Gasteiger partial charge >= 0.3 is 0 Å². The van der Waals surface area contributed by atoms with Gasteiger partial charge in [-0.05, 0) is 30.8 Å². The maximum absolute atomic E-state index is 11.3. The largest absolute Gasteiger partial charge is 0.383 e. The van der Waals surface area contributed by atoms with Crippen LogP contribution in [0.2, 0.25) is 0 Å². The number of sulfonamides is 1. The molecule has 126 valence electrons. The summed E-state index contributed by atoms with van der Waals surface area (Å²) in [6.07, 6.45) is 0. The van der Waals surface area contributed by atoms with Crippen molar-refractivity contribution in [2.75, 3.05) is 25.5 Å². The zero-order valence-electron chi connectivity index (χ0n) is 13.4. The van der Waals surface area contributed by atoms with Gasteiger partial charge in [0, 0.05) is 19.6 Å². The molecule has 0 amide bonds. The quantitative estimate of drug-likeness (QED) is 0.797. The molecule has 0 fully saturated rings. The normalized spacial score (nSPS) is 11.2. The second kappa shape index (κ2) is 7.93. The zero-order chi connectivity index (χ0) is 17.6. The van der Waals surface area contributed by atoms with E-state index in [4.69, 9.17) is 5.14 Å². The number of nitrogens with two attached hydrogens (primary N) is 1. The Hall–Kier alpha value is -2.40. The average molecular weight is 344 g/mol. The topological polar surface area (TPSA) is 99.2 Å². The molecule has 0 spiro atoms. The highest BCUT2D eigenvalue weighted by atomic mass is 32.2. The van der Waals surface area contributed by atoms with Crippen LogP contribution in [0, 0.1) is 11.3 Å². The van der Waals surface area contributed by atoms with E-state index in [0.29, 0.717) is 12.2 Å². The van der Waals surface area contributed by atoms with Crippen LogP contribution in [0.25, 0.3) is 0 Å². The molecule has 0 saturated heterocycles. The second-order valence-corrected chi connectivity index (χ2v) is 7.08. The lowest BCUT2D eigenvalue weighted by Gasteiger charge is -2.18. The minimum atomic E-state index is -3.81. The molecule has 0 aliphatic rings. The number of nitrogens with zero attached hydrogens (tertiary/aromatic N) is 2. The smallest absolute Gasteiger partial charge is 0.238 e. The third-order valence-corrected chi connectivity index (χ3v) is 4.46. The molecule has 6 nitrogen and oxygen atoms in total. The third kappa shape index (κ3) is 5.06. The fourth-order valence-electron chi connectivity index (χ4n) is 2.30. The molecule has 2 rings (SSSR count). The first-order chi connectivity index (χ1) is 11.4. The van der Waals surface area contributed by atoms with Crippen LogP contribution in [0.15, 0.2) is 53.4 Å². The number of nitriles is 1. The predicted octanol–water partition coefficient (Wildman–Crippen LogP) is 1.75. The lowest BCUT2D eigenvalue weighted by atomic mass is 10.2. The Morgan fingerprint density at radius 1 is 1.21 bits per heavy atom. The Balaban J connectivity index is 1.93. The molecule has 0 aliphatic carbocycles. The van der Waals surface area contributed by atoms with Crippen molar-refractivity contribution in [1.29, 1.82) is 5.26 Å². The molecule has 0 aromatic heterocycles. The van der Waals surface area contributed by atoms with E-state index < -0.39 is 10.0 Å². The van der Waals surface area contributed by atoms with Crippen molar-refractivity contribution < 1.29 is 8.42 Å². The second-order valence-electron chi connectivity index (χ2n) is 5.51. The first kappa shape index (κ1) is 17.9. The summed E-state index contributed by atoms with van der Waals surface area (Å²) in [7, 11) is -1.79. The average Bonchev–Trinajstić information content (AvgIpc) is 2.55. The molecule has 2 aromatic rings. The number of hydrogen-bond acceptors (Lipinski definition) is 5. The molecule has 0 unspecified atom stereocenters. The predicted molar refractivity (Wildman–Crippen MR) is 93.8 cm³/mol. The molecule has 0 saturated carbocycles. The number of rotatable bonds is 7. The summed E-state index contributed by atoms with van der Waals surface area (Å²) in [6.45, 7) is 2.24. The fraction of sp³-hybridized carbons (Fsp3) is 0.235. The maximum atomic E-state index is 11.3. The van der Waals surface area contributed by atoms with Crippen molar-refractivity contribution in [3.05, 3.63) is 59.7 Å². The lowest BCUT2D eigenvalue weighted by Crippen LogP contribution is -2.25. The van der Waals surface area contributed by atoms with E-state index in [2.05, 4.69) is 22.3 Å². The van der Waals surface area contributed by atoms with Gasteiger partial charge in [0.2, 0.25) is 10.0 Å². The van der Waals surface area contributed by atoms with Crippen molar-refractivity contribution in [1.82, 2.24) is 4.90 Å². The zero-order valence-corrected chi connectivity index (χ0v) is 14.3. The Labute approximate surface area is 142 Å². The molecule has 0 aliphatic heterocycles. The SMILES string of the molecule is CN(CCNc1ccc(S(N)(=O)=O)cc1C#N)Cc1ccccc1. The number of anilines is 1. The summed E-state index contributed by atoms with van der Waals surface area (Å²) in [4.78, 5) is 2.10. The molecule has 2 aromatic carbocycles. The summed E-state index contributed by atoms with van der Waals surface area (Å²) in [5.74, 6) is 0. The highest BCUT2D eigenvalue weighted by Gasteiger charge is 2.11. The van der Waals surface area contributed by atoms with E-state index in [0.717, 1.165) is 13.1 Å². The molecule has 0 atom stereocenters. The van der Waals surface area contributed by atoms with Crippen LogP contribution in [-0.2, 0) is 16.6 Å². The van der Waals surface area contributed by atoms with E-state index in [-0.39, 0.29) is 10.5 Å². The first-order valence-corrected chi connectivity index (χ1v) is 8.98. The monoisotopic (exact) mass is 344 g/mol. The highest BCUT2D eigenvalue weighted by molar-refractivity contribution is 7.89. The van der Waals surface area contributed by atoms with Crippen LogP contribution in [0.4, 0.5) is 5.69 Å². The first-order valence-electron chi connectivity index (χ1n) is 7.43. The van der Waals surface area contributed by atoms with Crippen LogP contribution >= 0.6 is 0 Å². The van der Waals surface area contributed by atoms with Gasteiger partial charge in [0.05, 0.1) is 16.1 Å². The highest BCUT2D eigenvalue weighted by Crippen LogP contribution is 2.19. The van der Waals surface area contributed by atoms with Crippen molar-refractivity contribution in [2.45, 2.75) is 11.4 Å². The molecule has 0 heterocycles. The summed E-state index contributed by atoms with van der Waals surface area (Å²) in [5, 5.41) is 17.4. The molecule has 24 heavy (non-hydrogen) atoms. The number of hydrogen-bond donors (Lipinski definition) is 2. The van der Waals surface area contributed by atoms with Gasteiger partial charge in [-0.2, -0.15) is 5.26 Å². The molecule has 7 heteroatoms. The van der Waals surface area contributed by atoms with E-state index in [1.807, 2.05) is 31.3 Å². The van der Waals surface area contributed by atoms with Crippen molar-refractivity contribution in [3.63, 3.8) is 0 Å². The summed E-state index contributed by atoms with van der Waals surface area (Å²) in [5.41, 5.74) is 2.08. The van der Waals surface area contributed by atoms with Gasteiger partial charge in [-0.15, -0.1) is 0 Å². The Bertz CT molecular complexity index is 829. The maximum Gasteiger partial charge on any atom is 0.238 e. The van der Waals surface area contributed by atoms with Crippen LogP contribution < -0.4 is 10.5 Å². The minimum Gasteiger partial charge on any atom is -0.383 e. The van der Waals surface area contributed by atoms with Gasteiger partial charge in [-0.1, -0.05) is 30.3 Å². The molecule has 0 bridgehead atoms. The summed E-state index contributed by atoms with van der Waals surface area (Å²) in [6, 6.07) is 16.4. The molecular formula is C17H20N4O2S. The van der Waals surface area contributed by atoms with E-state index in [1.165, 1.54) is 17.7 Å². The number of primary sulfonamides is 1. The Kier molecular flexibility index (Phi) is 5.93. The molecule has 0 radical (unpaired) electrons. The lowest BCUT2D eigenvalue weighted by molar-refractivity contribution is 0.340. The van der Waals surface area contributed by atoms with Crippen LogP contribution in [0.1, 0.15) is 11.1 Å². The van der Waals surface area contributed by atoms with E-state index in [1.54, 1.807) is 6.07 Å². The Morgan fingerprint density at radius 3 is 2.54 bits per heavy atom.